The average Bonchev–Trinajstić information content (AvgIpc) is 3.08. The second-order valence-electron chi connectivity index (χ2n) is 7.91. The lowest BCUT2D eigenvalue weighted by molar-refractivity contribution is -0.133. The number of nitrogens with one attached hydrogen (secondary N) is 2. The van der Waals surface area contributed by atoms with E-state index in [1.807, 2.05) is 23.6 Å². The Morgan fingerprint density at radius 3 is 2.58 bits per heavy atom. The fourth-order valence-corrected chi connectivity index (χ4v) is 3.69. The van der Waals surface area contributed by atoms with Gasteiger partial charge in [-0.3, -0.25) is 14.6 Å². The Labute approximate surface area is 157 Å². The minimum atomic E-state index is 0.0368. The number of hydrogen-bond acceptors (Lipinski definition) is 3. The van der Waals surface area contributed by atoms with Gasteiger partial charge in [-0.25, -0.2) is 0 Å². The number of nitrogens with zero attached hydrogens (tertiary/aromatic N) is 3. The third-order valence-electron chi connectivity index (χ3n) is 5.20. The van der Waals surface area contributed by atoms with Crippen molar-refractivity contribution in [3.8, 4) is 0 Å². The molecule has 2 heterocycles. The SMILES string of the molecule is CN=C(NCCC(=O)N1CCCC(C)C1)NC1CCN(C(=O)C(C)C)C1. The van der Waals surface area contributed by atoms with Gasteiger partial charge >= 0.3 is 0 Å². The molecule has 2 atom stereocenters. The summed E-state index contributed by atoms with van der Waals surface area (Å²) in [6.07, 6.45) is 3.73. The monoisotopic (exact) mass is 365 g/mol. The number of aliphatic imine (C=N–C) groups is 1. The normalized spacial score (nSPS) is 24.1. The van der Waals surface area contributed by atoms with Crippen molar-refractivity contribution in [2.75, 3.05) is 39.8 Å². The molecule has 7 nitrogen and oxygen atoms in total. The Hall–Kier alpha value is -1.79. The lowest BCUT2D eigenvalue weighted by atomic mass is 10.00. The summed E-state index contributed by atoms with van der Waals surface area (Å²) in [6.45, 7) is 9.92. The van der Waals surface area contributed by atoms with Crippen molar-refractivity contribution in [3.63, 3.8) is 0 Å². The molecule has 0 aromatic heterocycles. The molecule has 0 spiro atoms. The molecule has 2 aliphatic rings. The zero-order valence-corrected chi connectivity index (χ0v) is 16.8. The molecule has 2 fully saturated rings. The van der Waals surface area contributed by atoms with Gasteiger partial charge in [-0.15, -0.1) is 0 Å². The van der Waals surface area contributed by atoms with E-state index in [1.165, 1.54) is 6.42 Å². The van der Waals surface area contributed by atoms with Gasteiger partial charge in [-0.2, -0.15) is 0 Å². The largest absolute Gasteiger partial charge is 0.356 e. The lowest BCUT2D eigenvalue weighted by Crippen LogP contribution is -2.46. The topological polar surface area (TPSA) is 77.0 Å². The first-order valence-electron chi connectivity index (χ1n) is 9.94. The summed E-state index contributed by atoms with van der Waals surface area (Å²) in [6, 6.07) is 0.211. The van der Waals surface area contributed by atoms with Crippen LogP contribution in [0.4, 0.5) is 0 Å². The highest BCUT2D eigenvalue weighted by Crippen LogP contribution is 2.16. The highest BCUT2D eigenvalue weighted by atomic mass is 16.2. The predicted octanol–water partition coefficient (Wildman–Crippen LogP) is 1.06. The number of carbonyl (C=O) groups is 2. The van der Waals surface area contributed by atoms with Crippen LogP contribution in [0.3, 0.4) is 0 Å². The van der Waals surface area contributed by atoms with Crippen LogP contribution >= 0.6 is 0 Å². The van der Waals surface area contributed by atoms with Crippen LogP contribution in [0.5, 0.6) is 0 Å². The molecule has 2 N–H and O–H groups in total. The maximum absolute atomic E-state index is 12.3. The van der Waals surface area contributed by atoms with Crippen LogP contribution in [0.2, 0.25) is 0 Å². The quantitative estimate of drug-likeness (QED) is 0.564. The molecular formula is C19H35N5O2. The van der Waals surface area contributed by atoms with Crippen molar-refractivity contribution < 1.29 is 9.59 Å². The molecular weight excluding hydrogens is 330 g/mol. The first-order chi connectivity index (χ1) is 12.4. The van der Waals surface area contributed by atoms with Gasteiger partial charge < -0.3 is 20.4 Å². The standard InChI is InChI=1S/C19H35N5O2/c1-14(2)18(26)24-11-8-16(13-24)22-19(20-4)21-9-7-17(25)23-10-5-6-15(3)12-23/h14-16H,5-13H2,1-4H3,(H2,20,21,22). The minimum Gasteiger partial charge on any atom is -0.356 e. The number of guanidine groups is 1. The van der Waals surface area contributed by atoms with Crippen molar-refractivity contribution >= 4 is 17.8 Å². The van der Waals surface area contributed by atoms with E-state index in [4.69, 9.17) is 0 Å². The van der Waals surface area contributed by atoms with E-state index in [1.54, 1.807) is 7.05 Å². The molecule has 0 bridgehead atoms. The van der Waals surface area contributed by atoms with E-state index in [9.17, 15) is 9.59 Å². The van der Waals surface area contributed by atoms with Crippen molar-refractivity contribution in [2.24, 2.45) is 16.8 Å². The highest BCUT2D eigenvalue weighted by Gasteiger charge is 2.28. The Kier molecular flexibility index (Phi) is 7.72. The molecule has 26 heavy (non-hydrogen) atoms. The molecule has 0 aliphatic carbocycles. The molecule has 148 valence electrons. The average molecular weight is 366 g/mol. The molecule has 0 saturated carbocycles. The third kappa shape index (κ3) is 5.88. The van der Waals surface area contributed by atoms with Crippen molar-refractivity contribution in [3.05, 3.63) is 0 Å². The Morgan fingerprint density at radius 2 is 1.92 bits per heavy atom. The van der Waals surface area contributed by atoms with Crippen molar-refractivity contribution in [1.82, 2.24) is 20.4 Å². The van der Waals surface area contributed by atoms with E-state index in [0.717, 1.165) is 32.5 Å². The number of likely N-dealkylation sites (tertiary alicyclic amines) is 2. The van der Waals surface area contributed by atoms with Crippen molar-refractivity contribution in [1.29, 1.82) is 0 Å². The molecule has 0 aromatic rings. The summed E-state index contributed by atoms with van der Waals surface area (Å²) in [5, 5.41) is 6.60. The number of rotatable bonds is 5. The number of hydrogen-bond donors (Lipinski definition) is 2. The molecule has 0 aromatic carbocycles. The molecule has 2 unspecified atom stereocenters. The molecule has 7 heteroatoms. The summed E-state index contributed by atoms with van der Waals surface area (Å²) < 4.78 is 0. The Morgan fingerprint density at radius 1 is 1.15 bits per heavy atom. The number of piperidine rings is 1. The predicted molar refractivity (Wildman–Crippen MR) is 104 cm³/mol. The van der Waals surface area contributed by atoms with Crippen LogP contribution in [0.25, 0.3) is 0 Å². The van der Waals surface area contributed by atoms with Gasteiger partial charge in [-0.1, -0.05) is 20.8 Å². The first kappa shape index (κ1) is 20.5. The van der Waals surface area contributed by atoms with E-state index >= 15 is 0 Å². The Bertz CT molecular complexity index is 520. The van der Waals surface area contributed by atoms with Gasteiger partial charge in [0.2, 0.25) is 11.8 Å². The summed E-state index contributed by atoms with van der Waals surface area (Å²) in [5.41, 5.74) is 0. The highest BCUT2D eigenvalue weighted by molar-refractivity contribution is 5.82. The summed E-state index contributed by atoms with van der Waals surface area (Å²) in [5.74, 6) is 1.77. The van der Waals surface area contributed by atoms with Gasteiger partial charge in [0.15, 0.2) is 5.96 Å². The minimum absolute atomic E-state index is 0.0368. The fourth-order valence-electron chi connectivity index (χ4n) is 3.69. The smallest absolute Gasteiger partial charge is 0.225 e. The second kappa shape index (κ2) is 9.78. The molecule has 2 saturated heterocycles. The first-order valence-corrected chi connectivity index (χ1v) is 9.94. The van der Waals surface area contributed by atoms with Crippen molar-refractivity contribution in [2.45, 2.75) is 52.5 Å². The number of amides is 2. The van der Waals surface area contributed by atoms with Gasteiger partial charge in [0, 0.05) is 58.2 Å². The van der Waals surface area contributed by atoms with Crippen LogP contribution in [0, 0.1) is 11.8 Å². The lowest BCUT2D eigenvalue weighted by Gasteiger charge is -2.31. The van der Waals surface area contributed by atoms with Crippen LogP contribution in [0.1, 0.15) is 46.5 Å². The van der Waals surface area contributed by atoms with E-state index in [2.05, 4.69) is 22.5 Å². The number of carbonyl (C=O) groups excluding carboxylic acids is 2. The van der Waals surface area contributed by atoms with Gasteiger partial charge in [-0.05, 0) is 25.2 Å². The Balaban J connectivity index is 1.70. The van der Waals surface area contributed by atoms with Crippen LogP contribution in [-0.2, 0) is 9.59 Å². The summed E-state index contributed by atoms with van der Waals surface area (Å²) in [4.78, 5) is 32.5. The zero-order valence-electron chi connectivity index (χ0n) is 16.8. The molecule has 2 amide bonds. The van der Waals surface area contributed by atoms with Crippen LogP contribution in [-0.4, -0.2) is 73.4 Å². The van der Waals surface area contributed by atoms with Gasteiger partial charge in [0.1, 0.15) is 0 Å². The second-order valence-corrected chi connectivity index (χ2v) is 7.91. The summed E-state index contributed by atoms with van der Waals surface area (Å²) >= 11 is 0. The third-order valence-corrected chi connectivity index (χ3v) is 5.20. The van der Waals surface area contributed by atoms with E-state index in [0.29, 0.717) is 31.4 Å². The van der Waals surface area contributed by atoms with E-state index < -0.39 is 0 Å². The molecule has 0 radical (unpaired) electrons. The summed E-state index contributed by atoms with van der Waals surface area (Å²) in [7, 11) is 1.73. The van der Waals surface area contributed by atoms with Gasteiger partial charge in [0.05, 0.1) is 0 Å². The maximum atomic E-state index is 12.3. The maximum Gasteiger partial charge on any atom is 0.225 e. The van der Waals surface area contributed by atoms with Gasteiger partial charge in [0.25, 0.3) is 0 Å². The molecule has 2 rings (SSSR count). The fraction of sp³-hybridized carbons (Fsp3) is 0.842. The zero-order chi connectivity index (χ0) is 19.1. The van der Waals surface area contributed by atoms with Crippen LogP contribution < -0.4 is 10.6 Å². The van der Waals surface area contributed by atoms with E-state index in [-0.39, 0.29) is 23.8 Å². The molecule has 2 aliphatic heterocycles. The van der Waals surface area contributed by atoms with Crippen LogP contribution in [0.15, 0.2) is 4.99 Å².